The number of nitrogens with zero attached hydrogens (tertiary/aromatic N) is 1. The van der Waals surface area contributed by atoms with Crippen LogP contribution in [0, 0.1) is 0 Å². The summed E-state index contributed by atoms with van der Waals surface area (Å²) in [5.41, 5.74) is 2.68. The lowest BCUT2D eigenvalue weighted by molar-refractivity contribution is 0.102. The van der Waals surface area contributed by atoms with Crippen molar-refractivity contribution in [3.8, 4) is 0 Å². The first-order valence-corrected chi connectivity index (χ1v) is 9.71. The summed E-state index contributed by atoms with van der Waals surface area (Å²) in [5.74, 6) is 0. The lowest BCUT2D eigenvalue weighted by atomic mass is 10.8. The number of hydrogen-bond acceptors (Lipinski definition) is 4. The first-order chi connectivity index (χ1) is 7.78. The lowest BCUT2D eigenvalue weighted by Gasteiger charge is -2.18. The molecule has 0 rings (SSSR count). The van der Waals surface area contributed by atoms with E-state index in [0.29, 0.717) is 6.61 Å². The third kappa shape index (κ3) is 15.4. The Balaban J connectivity index is 0. The van der Waals surface area contributed by atoms with Crippen molar-refractivity contribution < 1.29 is 9.53 Å². The van der Waals surface area contributed by atoms with Crippen LogP contribution in [0.3, 0.4) is 0 Å². The lowest BCUT2D eigenvalue weighted by Crippen LogP contribution is -2.37. The van der Waals surface area contributed by atoms with Gasteiger partial charge in [-0.3, -0.25) is 0 Å². The van der Waals surface area contributed by atoms with Crippen LogP contribution < -0.4 is 10.7 Å². The van der Waals surface area contributed by atoms with Gasteiger partial charge in [-0.25, -0.2) is 15.2 Å². The van der Waals surface area contributed by atoms with E-state index in [2.05, 4.69) is 37.3 Å². The Bertz CT molecular complexity index is 194. The molecule has 0 fully saturated rings. The number of carbonyl (C=O) groups excluding carboxylic acids is 1. The number of hydrazine groups is 1. The third-order valence-corrected chi connectivity index (χ3v) is 3.74. The number of nitrogens with one attached hydrogen (secondary N) is 2. The highest BCUT2D eigenvalue weighted by Gasteiger charge is 2.14. The van der Waals surface area contributed by atoms with Crippen molar-refractivity contribution in [3.05, 3.63) is 0 Å². The van der Waals surface area contributed by atoms with E-state index in [0.717, 1.165) is 12.6 Å². The molecule has 0 unspecified atom stereocenters. The minimum absolute atomic E-state index is 0.319. The van der Waals surface area contributed by atoms with Crippen LogP contribution in [0.15, 0.2) is 0 Å². The molecule has 0 saturated heterocycles. The zero-order chi connectivity index (χ0) is 13.9. The Morgan fingerprint density at radius 1 is 1.29 bits per heavy atom. The zero-order valence-electron chi connectivity index (χ0n) is 12.4. The van der Waals surface area contributed by atoms with Crippen LogP contribution in [0.5, 0.6) is 0 Å². The Kier molecular flexibility index (Phi) is 11.6. The van der Waals surface area contributed by atoms with Gasteiger partial charge in [0.05, 0.1) is 6.61 Å². The van der Waals surface area contributed by atoms with Crippen molar-refractivity contribution in [1.82, 2.24) is 15.8 Å². The molecular weight excluding hydrogens is 234 g/mol. The Morgan fingerprint density at radius 3 is 2.06 bits per heavy atom. The zero-order valence-corrected chi connectivity index (χ0v) is 13.4. The van der Waals surface area contributed by atoms with E-state index in [-0.39, 0.29) is 6.09 Å². The summed E-state index contributed by atoms with van der Waals surface area (Å²) in [5, 5.41) is 4.25. The monoisotopic (exact) mass is 263 g/mol. The molecule has 0 saturated carbocycles. The van der Waals surface area contributed by atoms with Crippen molar-refractivity contribution in [1.29, 1.82) is 0 Å². The third-order valence-electron chi connectivity index (χ3n) is 2.04. The van der Waals surface area contributed by atoms with Gasteiger partial charge in [0, 0.05) is 22.2 Å². The maximum absolute atomic E-state index is 11.1. The largest absolute Gasteiger partial charge is 0.449 e. The molecule has 0 spiro atoms. The van der Waals surface area contributed by atoms with Gasteiger partial charge in [0.2, 0.25) is 0 Å². The molecule has 0 aliphatic heterocycles. The summed E-state index contributed by atoms with van der Waals surface area (Å²) < 4.78 is 5.03. The molecule has 6 heteroatoms. The van der Waals surface area contributed by atoms with E-state index < -0.39 is 8.07 Å². The van der Waals surface area contributed by atoms with Gasteiger partial charge in [-0.05, 0) is 19.6 Å². The molecule has 1 amide bonds. The van der Waals surface area contributed by atoms with Crippen LogP contribution in [0.4, 0.5) is 4.79 Å². The molecule has 5 nitrogen and oxygen atoms in total. The predicted molar refractivity (Wildman–Crippen MR) is 75.9 cm³/mol. The fourth-order valence-electron chi connectivity index (χ4n) is 0.633. The average molecular weight is 263 g/mol. The molecule has 0 aromatic carbocycles. The van der Waals surface area contributed by atoms with Gasteiger partial charge in [-0.2, -0.15) is 0 Å². The molecule has 0 aromatic rings. The molecule has 0 bridgehead atoms. The molecule has 0 aromatic heterocycles. The van der Waals surface area contributed by atoms with Gasteiger partial charge >= 0.3 is 6.09 Å². The summed E-state index contributed by atoms with van der Waals surface area (Å²) in [6.07, 6.45) is -0.319. The SMILES string of the molecule is CCNC.CNN(C)C(=O)OCC[Si](C)(C)C. The maximum Gasteiger partial charge on any atom is 0.423 e. The summed E-state index contributed by atoms with van der Waals surface area (Å²) in [6.45, 7) is 10.4. The summed E-state index contributed by atoms with van der Waals surface area (Å²) in [4.78, 5) is 11.1. The van der Waals surface area contributed by atoms with Gasteiger partial charge in [0.15, 0.2) is 0 Å². The van der Waals surface area contributed by atoms with Gasteiger partial charge in [-0.15, -0.1) is 0 Å². The van der Waals surface area contributed by atoms with Gasteiger partial charge in [-0.1, -0.05) is 26.6 Å². The normalized spacial score (nSPS) is 10.3. The van der Waals surface area contributed by atoms with Crippen molar-refractivity contribution in [2.75, 3.05) is 34.3 Å². The average Bonchev–Trinajstić information content (AvgIpc) is 2.26. The molecule has 104 valence electrons. The molecule has 0 aliphatic carbocycles. The van der Waals surface area contributed by atoms with Crippen LogP contribution in [-0.4, -0.2) is 53.5 Å². The van der Waals surface area contributed by atoms with Crippen LogP contribution in [-0.2, 0) is 4.74 Å². The van der Waals surface area contributed by atoms with E-state index in [1.54, 1.807) is 14.1 Å². The molecule has 17 heavy (non-hydrogen) atoms. The second-order valence-corrected chi connectivity index (χ2v) is 10.5. The highest BCUT2D eigenvalue weighted by atomic mass is 28.3. The fourth-order valence-corrected chi connectivity index (χ4v) is 1.35. The molecule has 0 atom stereocenters. The summed E-state index contributed by atoms with van der Waals surface area (Å²) >= 11 is 0. The molecule has 0 radical (unpaired) electrons. The van der Waals surface area contributed by atoms with Gasteiger partial charge in [0.25, 0.3) is 0 Å². The molecular formula is C11H29N3O2Si. The van der Waals surface area contributed by atoms with E-state index in [9.17, 15) is 4.79 Å². The second-order valence-electron chi connectivity index (χ2n) is 4.91. The molecule has 2 N–H and O–H groups in total. The smallest absolute Gasteiger partial charge is 0.423 e. The number of rotatable bonds is 5. The molecule has 0 aliphatic rings. The van der Waals surface area contributed by atoms with E-state index in [1.165, 1.54) is 5.01 Å². The minimum Gasteiger partial charge on any atom is -0.449 e. The van der Waals surface area contributed by atoms with Crippen molar-refractivity contribution in [2.24, 2.45) is 0 Å². The maximum atomic E-state index is 11.1. The van der Waals surface area contributed by atoms with Crippen molar-refractivity contribution in [2.45, 2.75) is 32.6 Å². The van der Waals surface area contributed by atoms with E-state index in [4.69, 9.17) is 4.74 Å². The minimum atomic E-state index is -1.09. The van der Waals surface area contributed by atoms with Crippen LogP contribution in [0.1, 0.15) is 6.92 Å². The van der Waals surface area contributed by atoms with E-state index in [1.807, 2.05) is 7.05 Å². The van der Waals surface area contributed by atoms with Crippen LogP contribution in [0.25, 0.3) is 0 Å². The summed E-state index contributed by atoms with van der Waals surface area (Å²) in [7, 11) is 4.16. The Morgan fingerprint density at radius 2 is 1.76 bits per heavy atom. The first kappa shape index (κ1) is 18.8. The topological polar surface area (TPSA) is 53.6 Å². The van der Waals surface area contributed by atoms with Crippen LogP contribution in [0.2, 0.25) is 25.7 Å². The quantitative estimate of drug-likeness (QED) is 0.586. The van der Waals surface area contributed by atoms with Gasteiger partial charge < -0.3 is 10.1 Å². The molecule has 0 heterocycles. The Labute approximate surface area is 107 Å². The first-order valence-electron chi connectivity index (χ1n) is 6.01. The number of hydrogen-bond donors (Lipinski definition) is 2. The number of amides is 1. The Hall–Kier alpha value is -0.593. The number of carbonyl (C=O) groups is 1. The number of ether oxygens (including phenoxy) is 1. The van der Waals surface area contributed by atoms with Crippen LogP contribution >= 0.6 is 0 Å². The standard InChI is InChI=1S/C8H20N2O2Si.C3H9N/c1-9-10(2)8(11)12-6-7-13(3,4)5;1-3-4-2/h9H,6-7H2,1-5H3;4H,3H2,1-2H3. The highest BCUT2D eigenvalue weighted by molar-refractivity contribution is 6.76. The van der Waals surface area contributed by atoms with Crippen molar-refractivity contribution in [3.63, 3.8) is 0 Å². The fraction of sp³-hybridized carbons (Fsp3) is 0.909. The van der Waals surface area contributed by atoms with Crippen molar-refractivity contribution >= 4 is 14.2 Å². The van der Waals surface area contributed by atoms with E-state index >= 15 is 0 Å². The predicted octanol–water partition coefficient (Wildman–Crippen LogP) is 1.75. The second kappa shape index (κ2) is 10.6. The highest BCUT2D eigenvalue weighted by Crippen LogP contribution is 2.07. The summed E-state index contributed by atoms with van der Waals surface area (Å²) in [6, 6.07) is 1.01. The van der Waals surface area contributed by atoms with Gasteiger partial charge in [0.1, 0.15) is 0 Å².